The Balaban J connectivity index is 1.32. The molecule has 50 heavy (non-hydrogen) atoms. The van der Waals surface area contributed by atoms with Crippen molar-refractivity contribution in [2.24, 2.45) is 0 Å². The van der Waals surface area contributed by atoms with Gasteiger partial charge in [0.2, 0.25) is 0 Å². The van der Waals surface area contributed by atoms with Gasteiger partial charge in [-0.1, -0.05) is 97.1 Å². The first-order chi connectivity index (χ1) is 24.7. The van der Waals surface area contributed by atoms with Gasteiger partial charge in [-0.25, -0.2) is 4.85 Å². The fraction of sp³-hybridized carbons (Fsp3) is 0. The van der Waals surface area contributed by atoms with Gasteiger partial charge in [-0.3, -0.25) is 0 Å². The molecule has 9 aromatic rings. The van der Waals surface area contributed by atoms with Gasteiger partial charge in [-0.05, 0) is 71.3 Å². The predicted octanol–water partition coefficient (Wildman–Crippen LogP) is 11.5. The van der Waals surface area contributed by atoms with Gasteiger partial charge in [0.1, 0.15) is 0 Å². The lowest BCUT2D eigenvalue weighted by molar-refractivity contribution is 1.17. The fourth-order valence-corrected chi connectivity index (χ4v) is 7.49. The van der Waals surface area contributed by atoms with Crippen LogP contribution in [0.5, 0.6) is 0 Å². The molecule has 0 atom stereocenters. The lowest BCUT2D eigenvalue weighted by atomic mass is 9.91. The van der Waals surface area contributed by atoms with Gasteiger partial charge in [-0.15, -0.1) is 0 Å². The summed E-state index contributed by atoms with van der Waals surface area (Å²) in [6, 6.07) is 55.5. The van der Waals surface area contributed by atoms with E-state index in [1.807, 2.05) is 84.9 Å². The van der Waals surface area contributed by atoms with Crippen LogP contribution in [-0.2, 0) is 0 Å². The zero-order valence-corrected chi connectivity index (χ0v) is 26.7. The molecule has 0 aliphatic heterocycles. The van der Waals surface area contributed by atoms with E-state index < -0.39 is 0 Å². The summed E-state index contributed by atoms with van der Waals surface area (Å²) in [4.78, 5) is 3.97. The Labute approximate surface area is 288 Å². The Morgan fingerprint density at radius 1 is 0.440 bits per heavy atom. The minimum atomic E-state index is 0.414. The molecule has 5 nitrogen and oxygen atoms in total. The molecule has 230 valence electrons. The number of aromatic nitrogens is 2. The van der Waals surface area contributed by atoms with E-state index in [9.17, 15) is 10.5 Å². The van der Waals surface area contributed by atoms with Crippen molar-refractivity contribution in [3.8, 4) is 45.8 Å². The number of para-hydroxylation sites is 4. The van der Waals surface area contributed by atoms with Crippen LogP contribution >= 0.6 is 0 Å². The molecule has 0 spiro atoms. The minimum absolute atomic E-state index is 0.414. The number of nitrogens with zero attached hydrogens (tertiary/aromatic N) is 5. The second kappa shape index (κ2) is 11.4. The summed E-state index contributed by atoms with van der Waals surface area (Å²) in [6.45, 7) is 8.24. The highest BCUT2D eigenvalue weighted by Gasteiger charge is 2.21. The number of nitriles is 2. The zero-order valence-electron chi connectivity index (χ0n) is 26.7. The van der Waals surface area contributed by atoms with Gasteiger partial charge in [0.05, 0.1) is 63.3 Å². The average Bonchev–Trinajstić information content (AvgIpc) is 3.70. The summed E-state index contributed by atoms with van der Waals surface area (Å²) in [6.07, 6.45) is 0. The Hall–Kier alpha value is -7.39. The third kappa shape index (κ3) is 4.24. The van der Waals surface area contributed by atoms with Gasteiger partial charge in [0, 0.05) is 27.1 Å². The van der Waals surface area contributed by atoms with Crippen LogP contribution in [0, 0.1) is 29.2 Å². The quantitative estimate of drug-likeness (QED) is 0.181. The summed E-state index contributed by atoms with van der Waals surface area (Å²) >= 11 is 0. The molecule has 5 heteroatoms. The Bertz CT molecular complexity index is 2920. The SMILES string of the molecule is [C-]#[N+]c1cc(C#N)c(-n2c3ccccc3c3ccccc32)cc1-c1ccccc1-c1ccccc1-n1c2ccccc2c2cc(C#N)ccc21. The molecular formula is C45H25N5. The molecule has 2 heterocycles. The normalized spacial score (nSPS) is 11.1. The van der Waals surface area contributed by atoms with E-state index in [4.69, 9.17) is 6.57 Å². The molecule has 0 aliphatic rings. The molecule has 0 fully saturated rings. The molecule has 0 radical (unpaired) electrons. The first-order valence-corrected chi connectivity index (χ1v) is 16.3. The van der Waals surface area contributed by atoms with E-state index in [-0.39, 0.29) is 0 Å². The Kier molecular flexibility index (Phi) is 6.56. The molecule has 0 saturated heterocycles. The van der Waals surface area contributed by atoms with E-state index >= 15 is 0 Å². The molecule has 7 aromatic carbocycles. The lowest BCUT2D eigenvalue weighted by Crippen LogP contribution is -2.00. The molecule has 0 aliphatic carbocycles. The van der Waals surface area contributed by atoms with Crippen LogP contribution in [0.25, 0.3) is 82.1 Å². The van der Waals surface area contributed by atoms with Gasteiger partial charge in [0.25, 0.3) is 0 Å². The third-order valence-corrected chi connectivity index (χ3v) is 9.63. The maximum absolute atomic E-state index is 10.4. The number of hydrogen-bond donors (Lipinski definition) is 0. The molecule has 0 N–H and O–H groups in total. The van der Waals surface area contributed by atoms with Crippen molar-refractivity contribution in [1.82, 2.24) is 9.13 Å². The largest absolute Gasteiger partial charge is 0.309 e. The standard InChI is InChI=1S/C45H25N5/c1-48-39-25-30(28-47)45(50-41-19-9-5-15-34(41)35-16-6-10-20-42(35)50)26-37(39)32-13-3-2-12-31(32)33-14-4-8-18-40(33)49-43-21-11-7-17-36(43)38-24-29(27-46)22-23-44(38)49/h2-26H. The highest BCUT2D eigenvalue weighted by Crippen LogP contribution is 2.44. The van der Waals surface area contributed by atoms with Gasteiger partial charge in [-0.2, -0.15) is 10.5 Å². The first kappa shape index (κ1) is 28.8. The van der Waals surface area contributed by atoms with Crippen molar-refractivity contribution in [2.75, 3.05) is 0 Å². The van der Waals surface area contributed by atoms with E-state index in [0.29, 0.717) is 16.8 Å². The summed E-state index contributed by atoms with van der Waals surface area (Å²) in [5.41, 5.74) is 10.8. The number of hydrogen-bond acceptors (Lipinski definition) is 2. The summed E-state index contributed by atoms with van der Waals surface area (Å²) in [5, 5.41) is 24.4. The molecular weight excluding hydrogens is 611 g/mol. The van der Waals surface area contributed by atoms with Crippen LogP contribution in [0.1, 0.15) is 11.1 Å². The van der Waals surface area contributed by atoms with Gasteiger partial charge >= 0.3 is 0 Å². The molecule has 0 saturated carbocycles. The molecule has 2 aromatic heterocycles. The first-order valence-electron chi connectivity index (χ1n) is 16.3. The van der Waals surface area contributed by atoms with E-state index in [0.717, 1.165) is 77.2 Å². The van der Waals surface area contributed by atoms with E-state index in [1.54, 1.807) is 6.07 Å². The number of benzene rings is 7. The Morgan fingerprint density at radius 3 is 1.54 bits per heavy atom. The highest BCUT2D eigenvalue weighted by molar-refractivity contribution is 6.11. The molecule has 0 bridgehead atoms. The van der Waals surface area contributed by atoms with Gasteiger partial charge in [0.15, 0.2) is 5.69 Å². The number of fused-ring (bicyclic) bond motifs is 6. The Morgan fingerprint density at radius 2 is 0.940 bits per heavy atom. The van der Waals surface area contributed by atoms with Crippen LogP contribution in [0.3, 0.4) is 0 Å². The average molecular weight is 636 g/mol. The number of rotatable bonds is 4. The van der Waals surface area contributed by atoms with Crippen LogP contribution in [-0.4, -0.2) is 9.13 Å². The van der Waals surface area contributed by atoms with E-state index in [1.165, 1.54) is 0 Å². The summed E-state index contributed by atoms with van der Waals surface area (Å²) in [7, 11) is 0. The second-order valence-corrected chi connectivity index (χ2v) is 12.2. The maximum atomic E-state index is 10.4. The minimum Gasteiger partial charge on any atom is -0.309 e. The zero-order chi connectivity index (χ0) is 33.8. The highest BCUT2D eigenvalue weighted by atomic mass is 15.0. The predicted molar refractivity (Wildman–Crippen MR) is 202 cm³/mol. The molecule has 0 amide bonds. The van der Waals surface area contributed by atoms with Crippen LogP contribution < -0.4 is 0 Å². The van der Waals surface area contributed by atoms with Crippen LogP contribution in [0.2, 0.25) is 0 Å². The topological polar surface area (TPSA) is 61.8 Å². The summed E-state index contributed by atoms with van der Waals surface area (Å²) < 4.78 is 4.40. The maximum Gasteiger partial charge on any atom is 0.196 e. The molecule has 9 rings (SSSR count). The van der Waals surface area contributed by atoms with Crippen molar-refractivity contribution in [2.45, 2.75) is 0 Å². The van der Waals surface area contributed by atoms with Crippen molar-refractivity contribution in [3.05, 3.63) is 174 Å². The fourth-order valence-electron chi connectivity index (χ4n) is 7.49. The summed E-state index contributed by atoms with van der Waals surface area (Å²) in [5.74, 6) is 0. The van der Waals surface area contributed by atoms with Crippen molar-refractivity contribution < 1.29 is 0 Å². The van der Waals surface area contributed by atoms with Crippen molar-refractivity contribution in [1.29, 1.82) is 10.5 Å². The monoisotopic (exact) mass is 635 g/mol. The van der Waals surface area contributed by atoms with Crippen LogP contribution in [0.15, 0.2) is 152 Å². The molecule has 0 unspecified atom stereocenters. The third-order valence-electron chi connectivity index (χ3n) is 9.63. The lowest BCUT2D eigenvalue weighted by Gasteiger charge is -2.19. The smallest absolute Gasteiger partial charge is 0.196 e. The second-order valence-electron chi connectivity index (χ2n) is 12.2. The van der Waals surface area contributed by atoms with Crippen molar-refractivity contribution >= 4 is 49.3 Å². The van der Waals surface area contributed by atoms with E-state index in [2.05, 4.69) is 86.8 Å². The van der Waals surface area contributed by atoms with Gasteiger partial charge < -0.3 is 9.13 Å². The van der Waals surface area contributed by atoms with Crippen molar-refractivity contribution in [3.63, 3.8) is 0 Å². The van der Waals surface area contributed by atoms with Crippen LogP contribution in [0.4, 0.5) is 5.69 Å².